The van der Waals surface area contributed by atoms with Crippen LogP contribution in [0.1, 0.15) is 18.5 Å². The lowest BCUT2D eigenvalue weighted by Gasteiger charge is -2.17. The van der Waals surface area contributed by atoms with Crippen LogP contribution >= 0.6 is 0 Å². The number of hydrogen-bond acceptors (Lipinski definition) is 4. The van der Waals surface area contributed by atoms with Crippen molar-refractivity contribution in [1.82, 2.24) is 0 Å². The molecule has 2 rings (SSSR count). The van der Waals surface area contributed by atoms with Crippen molar-refractivity contribution in [3.8, 4) is 23.0 Å². The highest BCUT2D eigenvalue weighted by Gasteiger charge is 2.16. The van der Waals surface area contributed by atoms with Crippen molar-refractivity contribution in [2.24, 2.45) is 5.73 Å². The third kappa shape index (κ3) is 3.25. The Labute approximate surface area is 123 Å². The van der Waals surface area contributed by atoms with Crippen LogP contribution in [0.15, 0.2) is 36.4 Å². The maximum atomic E-state index is 13.4. The van der Waals surface area contributed by atoms with Gasteiger partial charge in [0.2, 0.25) is 5.75 Å². The minimum Gasteiger partial charge on any atom is -0.493 e. The summed E-state index contributed by atoms with van der Waals surface area (Å²) in [5.74, 6) is 1.58. The second-order valence-corrected chi connectivity index (χ2v) is 4.56. The monoisotopic (exact) mass is 291 g/mol. The molecule has 0 unspecified atom stereocenters. The van der Waals surface area contributed by atoms with E-state index in [1.54, 1.807) is 45.4 Å². The topological polar surface area (TPSA) is 53.7 Å². The molecule has 0 saturated heterocycles. The van der Waals surface area contributed by atoms with Gasteiger partial charge in [-0.1, -0.05) is 6.07 Å². The highest BCUT2D eigenvalue weighted by molar-refractivity contribution is 5.54. The van der Waals surface area contributed by atoms with Gasteiger partial charge in [0, 0.05) is 11.6 Å². The number of methoxy groups -OCH3 is 2. The van der Waals surface area contributed by atoms with Gasteiger partial charge in [0.1, 0.15) is 11.6 Å². The molecule has 0 heterocycles. The summed E-state index contributed by atoms with van der Waals surface area (Å²) >= 11 is 0. The molecule has 0 radical (unpaired) electrons. The van der Waals surface area contributed by atoms with E-state index in [2.05, 4.69) is 0 Å². The summed E-state index contributed by atoms with van der Waals surface area (Å²) < 4.78 is 29.8. The fourth-order valence-corrected chi connectivity index (χ4v) is 2.00. The van der Waals surface area contributed by atoms with Gasteiger partial charge in [0.25, 0.3) is 0 Å². The van der Waals surface area contributed by atoms with Crippen molar-refractivity contribution in [2.75, 3.05) is 14.2 Å². The second-order valence-electron chi connectivity index (χ2n) is 4.56. The average molecular weight is 291 g/mol. The molecule has 0 aromatic heterocycles. The zero-order valence-corrected chi connectivity index (χ0v) is 12.2. The van der Waals surface area contributed by atoms with E-state index in [1.807, 2.05) is 0 Å². The van der Waals surface area contributed by atoms with Gasteiger partial charge in [0.15, 0.2) is 11.5 Å². The Kier molecular flexibility index (Phi) is 4.65. The molecule has 1 atom stereocenters. The van der Waals surface area contributed by atoms with Crippen molar-refractivity contribution < 1.29 is 18.6 Å². The van der Waals surface area contributed by atoms with Crippen LogP contribution in [0, 0.1) is 5.82 Å². The van der Waals surface area contributed by atoms with Crippen LogP contribution in [0.3, 0.4) is 0 Å². The predicted molar refractivity (Wildman–Crippen MR) is 78.6 cm³/mol. The molecule has 0 amide bonds. The number of benzene rings is 2. The quantitative estimate of drug-likeness (QED) is 0.913. The zero-order chi connectivity index (χ0) is 15.4. The number of hydrogen-bond donors (Lipinski definition) is 1. The molecule has 4 nitrogen and oxygen atoms in total. The molecule has 2 aromatic carbocycles. The highest BCUT2D eigenvalue weighted by Crippen LogP contribution is 2.41. The predicted octanol–water partition coefficient (Wildman–Crippen LogP) is 3.65. The van der Waals surface area contributed by atoms with Crippen molar-refractivity contribution in [2.45, 2.75) is 13.0 Å². The van der Waals surface area contributed by atoms with E-state index in [1.165, 1.54) is 12.1 Å². The number of ether oxygens (including phenoxy) is 3. The van der Waals surface area contributed by atoms with Crippen molar-refractivity contribution in [3.05, 3.63) is 47.8 Å². The maximum absolute atomic E-state index is 13.4. The number of halogens is 1. The Morgan fingerprint density at radius 3 is 2.14 bits per heavy atom. The fourth-order valence-electron chi connectivity index (χ4n) is 2.00. The first-order valence-corrected chi connectivity index (χ1v) is 6.50. The van der Waals surface area contributed by atoms with Crippen molar-refractivity contribution in [1.29, 1.82) is 0 Å². The van der Waals surface area contributed by atoms with E-state index in [0.717, 1.165) is 0 Å². The average Bonchev–Trinajstić information content (AvgIpc) is 2.48. The lowest BCUT2D eigenvalue weighted by molar-refractivity contribution is 0.344. The minimum atomic E-state index is -0.364. The van der Waals surface area contributed by atoms with Gasteiger partial charge in [-0.05, 0) is 37.3 Å². The smallest absolute Gasteiger partial charge is 0.211 e. The second kappa shape index (κ2) is 6.45. The summed E-state index contributed by atoms with van der Waals surface area (Å²) in [6, 6.07) is 9.17. The van der Waals surface area contributed by atoms with Gasteiger partial charge in [-0.2, -0.15) is 0 Å². The first-order valence-electron chi connectivity index (χ1n) is 6.50. The summed E-state index contributed by atoms with van der Waals surface area (Å²) in [4.78, 5) is 0. The van der Waals surface area contributed by atoms with E-state index in [4.69, 9.17) is 19.9 Å². The molecular formula is C16H18FNO3. The first-order chi connectivity index (χ1) is 10.1. The van der Waals surface area contributed by atoms with Gasteiger partial charge in [-0.15, -0.1) is 0 Å². The molecule has 0 bridgehead atoms. The molecule has 0 spiro atoms. The highest BCUT2D eigenvalue weighted by atomic mass is 19.1. The first kappa shape index (κ1) is 15.1. The summed E-state index contributed by atoms with van der Waals surface area (Å²) in [7, 11) is 3.08. The van der Waals surface area contributed by atoms with Gasteiger partial charge in [-0.3, -0.25) is 0 Å². The van der Waals surface area contributed by atoms with Crippen LogP contribution in [-0.4, -0.2) is 14.2 Å². The SMILES string of the molecule is COc1cccc(OC)c1Oc1ccc(F)cc1[C@@H](C)N. The number of rotatable bonds is 5. The molecular weight excluding hydrogens is 273 g/mol. The van der Waals surface area contributed by atoms with Crippen molar-refractivity contribution in [3.63, 3.8) is 0 Å². The van der Waals surface area contributed by atoms with Crippen LogP contribution in [0.25, 0.3) is 0 Å². The Hall–Kier alpha value is -2.27. The maximum Gasteiger partial charge on any atom is 0.211 e. The van der Waals surface area contributed by atoms with Crippen LogP contribution in [0.4, 0.5) is 4.39 Å². The van der Waals surface area contributed by atoms with Gasteiger partial charge in [0.05, 0.1) is 14.2 Å². The van der Waals surface area contributed by atoms with E-state index >= 15 is 0 Å². The van der Waals surface area contributed by atoms with Crippen LogP contribution in [0.5, 0.6) is 23.0 Å². The van der Waals surface area contributed by atoms with Crippen LogP contribution in [0.2, 0.25) is 0 Å². The molecule has 21 heavy (non-hydrogen) atoms. The third-order valence-electron chi connectivity index (χ3n) is 3.06. The van der Waals surface area contributed by atoms with Gasteiger partial charge < -0.3 is 19.9 Å². The Bertz CT molecular complexity index is 607. The molecule has 2 aromatic rings. The van der Waals surface area contributed by atoms with E-state index in [9.17, 15) is 4.39 Å². The Morgan fingerprint density at radius 2 is 1.62 bits per heavy atom. The summed E-state index contributed by atoms with van der Waals surface area (Å²) in [6.45, 7) is 1.76. The molecule has 2 N–H and O–H groups in total. The van der Waals surface area contributed by atoms with Gasteiger partial charge >= 0.3 is 0 Å². The molecule has 5 heteroatoms. The van der Waals surface area contributed by atoms with Crippen molar-refractivity contribution >= 4 is 0 Å². The fraction of sp³-hybridized carbons (Fsp3) is 0.250. The number of para-hydroxylation sites is 1. The van der Waals surface area contributed by atoms with E-state index in [-0.39, 0.29) is 11.9 Å². The lowest BCUT2D eigenvalue weighted by Crippen LogP contribution is -2.07. The van der Waals surface area contributed by atoms with Gasteiger partial charge in [-0.25, -0.2) is 4.39 Å². The standard InChI is InChI=1S/C16H18FNO3/c1-10(18)12-9-11(17)7-8-13(12)21-16-14(19-2)5-4-6-15(16)20-3/h4-10H,18H2,1-3H3/t10-/m1/s1. The summed E-state index contributed by atoms with van der Waals surface area (Å²) in [6.07, 6.45) is 0. The molecule has 0 aliphatic heterocycles. The summed E-state index contributed by atoms with van der Waals surface area (Å²) in [5, 5.41) is 0. The summed E-state index contributed by atoms with van der Waals surface area (Å²) in [5.41, 5.74) is 6.44. The largest absolute Gasteiger partial charge is 0.493 e. The third-order valence-corrected chi connectivity index (χ3v) is 3.06. The molecule has 0 saturated carbocycles. The molecule has 0 aliphatic carbocycles. The number of nitrogens with two attached hydrogens (primary N) is 1. The Balaban J connectivity index is 2.47. The molecule has 112 valence electrons. The van der Waals surface area contributed by atoms with E-state index < -0.39 is 0 Å². The zero-order valence-electron chi connectivity index (χ0n) is 12.2. The normalized spacial score (nSPS) is 11.9. The van der Waals surface area contributed by atoms with Crippen LogP contribution < -0.4 is 19.9 Å². The minimum absolute atomic E-state index is 0.360. The molecule has 0 aliphatic rings. The van der Waals surface area contributed by atoms with E-state index in [0.29, 0.717) is 28.6 Å². The Morgan fingerprint density at radius 1 is 1.00 bits per heavy atom. The lowest BCUT2D eigenvalue weighted by atomic mass is 10.1. The molecule has 0 fully saturated rings. The van der Waals surface area contributed by atoms with Crippen LogP contribution in [-0.2, 0) is 0 Å².